The first-order valence-electron chi connectivity index (χ1n) is 5.90. The molecule has 21 heavy (non-hydrogen) atoms. The third-order valence-corrected chi connectivity index (χ3v) is 2.73. The number of aryl methyl sites for hydroxylation is 1. The van der Waals surface area contributed by atoms with E-state index in [-0.39, 0.29) is 18.2 Å². The summed E-state index contributed by atoms with van der Waals surface area (Å²) in [5.41, 5.74) is -3.64. The molecular weight excluding hydrogens is 302 g/mol. The van der Waals surface area contributed by atoms with Crippen molar-refractivity contribution in [3.05, 3.63) is 34.4 Å². The zero-order chi connectivity index (χ0) is 16.4. The average molecular weight is 314 g/mol. The molecule has 0 radical (unpaired) electrons. The molecule has 0 unspecified atom stereocenters. The van der Waals surface area contributed by atoms with Crippen LogP contribution in [0.3, 0.4) is 0 Å². The number of hydrogen-bond acceptors (Lipinski definition) is 2. The quantitative estimate of drug-likeness (QED) is 0.619. The summed E-state index contributed by atoms with van der Waals surface area (Å²) in [4.78, 5) is 11.3. The normalized spacial score (nSPS) is 12.4. The van der Waals surface area contributed by atoms with Crippen LogP contribution in [-0.4, -0.2) is 12.6 Å². The fraction of sp³-hybridized carbons (Fsp3) is 0.462. The minimum atomic E-state index is -4.99. The predicted octanol–water partition coefficient (Wildman–Crippen LogP) is 4.14. The summed E-state index contributed by atoms with van der Waals surface area (Å²) in [7, 11) is 0. The summed E-state index contributed by atoms with van der Waals surface area (Å²) in [6.07, 6.45) is -10.6. The lowest BCUT2D eigenvalue weighted by Crippen LogP contribution is -2.18. The number of benzene rings is 1. The first kappa shape index (κ1) is 17.3. The van der Waals surface area contributed by atoms with Crippen molar-refractivity contribution < 1.29 is 35.9 Å². The maximum Gasteiger partial charge on any atom is 0.416 e. The molecule has 0 saturated heterocycles. The van der Waals surface area contributed by atoms with Gasteiger partial charge in [-0.15, -0.1) is 0 Å². The predicted molar refractivity (Wildman–Crippen MR) is 61.5 cm³/mol. The van der Waals surface area contributed by atoms with E-state index in [0.717, 1.165) is 6.92 Å². The van der Waals surface area contributed by atoms with Crippen LogP contribution in [0.5, 0.6) is 0 Å². The van der Waals surface area contributed by atoms with Crippen molar-refractivity contribution >= 4 is 5.97 Å². The molecule has 8 heteroatoms. The van der Waals surface area contributed by atoms with Crippen LogP contribution in [0.1, 0.15) is 29.2 Å². The topological polar surface area (TPSA) is 26.3 Å². The number of rotatable bonds is 3. The zero-order valence-electron chi connectivity index (χ0n) is 11.2. The molecule has 0 spiro atoms. The lowest BCUT2D eigenvalue weighted by Gasteiger charge is -2.18. The Morgan fingerprint density at radius 3 is 2.10 bits per heavy atom. The summed E-state index contributed by atoms with van der Waals surface area (Å²) in [6, 6.07) is 0.603. The molecule has 0 fully saturated rings. The van der Waals surface area contributed by atoms with E-state index in [1.165, 1.54) is 6.92 Å². The van der Waals surface area contributed by atoms with Crippen molar-refractivity contribution in [2.75, 3.05) is 6.61 Å². The number of esters is 1. The second-order valence-electron chi connectivity index (χ2n) is 4.30. The Morgan fingerprint density at radius 1 is 1.10 bits per heavy atom. The highest BCUT2D eigenvalue weighted by Crippen LogP contribution is 2.39. The van der Waals surface area contributed by atoms with Crippen molar-refractivity contribution in [1.29, 1.82) is 0 Å². The van der Waals surface area contributed by atoms with Gasteiger partial charge in [0.05, 0.1) is 24.2 Å². The smallest absolute Gasteiger partial charge is 0.416 e. The summed E-state index contributed by atoms with van der Waals surface area (Å²) in [5.74, 6) is -0.925. The average Bonchev–Trinajstić information content (AvgIpc) is 2.28. The molecule has 0 amide bonds. The molecule has 0 aromatic heterocycles. The lowest BCUT2D eigenvalue weighted by molar-refractivity contribution is -0.144. The molecule has 1 rings (SSSR count). The Morgan fingerprint density at radius 2 is 1.67 bits per heavy atom. The molecular formula is C13H12F6O2. The molecule has 1 aromatic carbocycles. The van der Waals surface area contributed by atoms with E-state index in [9.17, 15) is 31.1 Å². The van der Waals surface area contributed by atoms with Crippen molar-refractivity contribution in [3.8, 4) is 0 Å². The van der Waals surface area contributed by atoms with Gasteiger partial charge in [-0.05, 0) is 37.1 Å². The molecule has 0 saturated carbocycles. The van der Waals surface area contributed by atoms with Gasteiger partial charge in [-0.3, -0.25) is 4.79 Å². The monoisotopic (exact) mass is 314 g/mol. The van der Waals surface area contributed by atoms with Crippen LogP contribution in [0.15, 0.2) is 12.1 Å². The van der Waals surface area contributed by atoms with E-state index in [4.69, 9.17) is 0 Å². The Labute approximate surface area is 116 Å². The fourth-order valence-corrected chi connectivity index (χ4v) is 1.82. The van der Waals surface area contributed by atoms with Gasteiger partial charge in [-0.1, -0.05) is 0 Å². The first-order valence-corrected chi connectivity index (χ1v) is 5.90. The standard InChI is InChI=1S/C13H12F6O2/c1-3-21-11(20)6-9-7(2)4-8(12(14,15)16)5-10(9)13(17,18)19/h4-5H,3,6H2,1-2H3. The lowest BCUT2D eigenvalue weighted by atomic mass is 9.95. The Balaban J connectivity index is 3.39. The first-order chi connectivity index (χ1) is 9.46. The van der Waals surface area contributed by atoms with Crippen LogP contribution in [-0.2, 0) is 28.3 Å². The van der Waals surface area contributed by atoms with E-state index < -0.39 is 41.4 Å². The van der Waals surface area contributed by atoms with Crippen LogP contribution in [0, 0.1) is 6.92 Å². The largest absolute Gasteiger partial charge is 0.466 e. The molecule has 0 bridgehead atoms. The molecule has 0 N–H and O–H groups in total. The van der Waals surface area contributed by atoms with E-state index in [1.54, 1.807) is 0 Å². The van der Waals surface area contributed by atoms with Gasteiger partial charge in [-0.2, -0.15) is 26.3 Å². The number of hydrogen-bond donors (Lipinski definition) is 0. The van der Waals surface area contributed by atoms with Crippen molar-refractivity contribution in [2.24, 2.45) is 0 Å². The van der Waals surface area contributed by atoms with Gasteiger partial charge in [0, 0.05) is 0 Å². The molecule has 0 heterocycles. The maximum atomic E-state index is 12.9. The van der Waals surface area contributed by atoms with Gasteiger partial charge in [-0.25, -0.2) is 0 Å². The highest BCUT2D eigenvalue weighted by molar-refractivity contribution is 5.74. The molecule has 0 aliphatic rings. The van der Waals surface area contributed by atoms with Gasteiger partial charge >= 0.3 is 18.3 Å². The highest BCUT2D eigenvalue weighted by Gasteiger charge is 2.39. The minimum Gasteiger partial charge on any atom is -0.466 e. The highest BCUT2D eigenvalue weighted by atomic mass is 19.4. The summed E-state index contributed by atoms with van der Waals surface area (Å²) in [6.45, 7) is 2.54. The number of carbonyl (C=O) groups is 1. The van der Waals surface area contributed by atoms with Gasteiger partial charge in [0.25, 0.3) is 0 Å². The van der Waals surface area contributed by atoms with E-state index in [1.807, 2.05) is 0 Å². The second kappa shape index (κ2) is 5.95. The second-order valence-corrected chi connectivity index (χ2v) is 4.30. The Bertz CT molecular complexity index is 531. The number of ether oxygens (including phenoxy) is 1. The van der Waals surface area contributed by atoms with Crippen molar-refractivity contribution in [3.63, 3.8) is 0 Å². The summed E-state index contributed by atoms with van der Waals surface area (Å²) in [5, 5.41) is 0. The molecule has 118 valence electrons. The Kier molecular flexibility index (Phi) is 4.91. The molecule has 0 aliphatic heterocycles. The van der Waals surface area contributed by atoms with Crippen LogP contribution >= 0.6 is 0 Å². The number of carbonyl (C=O) groups excluding carboxylic acids is 1. The van der Waals surface area contributed by atoms with E-state index >= 15 is 0 Å². The van der Waals surface area contributed by atoms with Crippen LogP contribution < -0.4 is 0 Å². The van der Waals surface area contributed by atoms with E-state index in [0.29, 0.717) is 6.07 Å². The van der Waals surface area contributed by atoms with Gasteiger partial charge in [0.1, 0.15) is 0 Å². The Hall–Kier alpha value is -1.73. The van der Waals surface area contributed by atoms with Gasteiger partial charge < -0.3 is 4.74 Å². The molecule has 1 aromatic rings. The number of halogens is 6. The third kappa shape index (κ3) is 4.37. The van der Waals surface area contributed by atoms with Crippen LogP contribution in [0.25, 0.3) is 0 Å². The van der Waals surface area contributed by atoms with E-state index in [2.05, 4.69) is 4.74 Å². The van der Waals surface area contributed by atoms with Crippen LogP contribution in [0.2, 0.25) is 0 Å². The number of alkyl halides is 6. The van der Waals surface area contributed by atoms with Gasteiger partial charge in [0.2, 0.25) is 0 Å². The van der Waals surface area contributed by atoms with Crippen molar-refractivity contribution in [2.45, 2.75) is 32.6 Å². The fourth-order valence-electron chi connectivity index (χ4n) is 1.82. The molecule has 0 aliphatic carbocycles. The molecule has 0 atom stereocenters. The summed E-state index contributed by atoms with van der Waals surface area (Å²) >= 11 is 0. The maximum absolute atomic E-state index is 12.9. The molecule has 2 nitrogen and oxygen atoms in total. The summed E-state index contributed by atoms with van der Waals surface area (Å²) < 4.78 is 81.1. The third-order valence-electron chi connectivity index (χ3n) is 2.73. The van der Waals surface area contributed by atoms with Crippen molar-refractivity contribution in [1.82, 2.24) is 0 Å². The zero-order valence-corrected chi connectivity index (χ0v) is 11.2. The minimum absolute atomic E-state index is 0.0154. The SMILES string of the molecule is CCOC(=O)Cc1c(C)cc(C(F)(F)F)cc1C(F)(F)F. The van der Waals surface area contributed by atoms with Gasteiger partial charge in [0.15, 0.2) is 0 Å². The van der Waals surface area contributed by atoms with Crippen LogP contribution in [0.4, 0.5) is 26.3 Å².